The fraction of sp³-hybridized carbons (Fsp3) is 0.308. The summed E-state index contributed by atoms with van der Waals surface area (Å²) in [6.45, 7) is 6.41. The van der Waals surface area contributed by atoms with E-state index in [1.165, 1.54) is 0 Å². The van der Waals surface area contributed by atoms with Crippen molar-refractivity contribution in [1.29, 1.82) is 0 Å². The topological polar surface area (TPSA) is 46.3 Å². The van der Waals surface area contributed by atoms with Gasteiger partial charge in [0.1, 0.15) is 0 Å². The van der Waals surface area contributed by atoms with Crippen molar-refractivity contribution in [2.45, 2.75) is 13.3 Å². The van der Waals surface area contributed by atoms with Crippen molar-refractivity contribution in [3.05, 3.63) is 36.4 Å². The van der Waals surface area contributed by atoms with Crippen LogP contribution in [0, 0.1) is 12.8 Å². The SMILES string of the molecule is C=CC1CC(=O)N(c2ccc(C)cc2N)C1. The number of benzene rings is 1. The largest absolute Gasteiger partial charge is 0.397 e. The molecular formula is C13H16N2O. The van der Waals surface area contributed by atoms with Gasteiger partial charge in [-0.05, 0) is 24.6 Å². The van der Waals surface area contributed by atoms with Gasteiger partial charge in [-0.25, -0.2) is 0 Å². The van der Waals surface area contributed by atoms with Crippen molar-refractivity contribution >= 4 is 17.3 Å². The van der Waals surface area contributed by atoms with Gasteiger partial charge in [0.05, 0.1) is 11.4 Å². The van der Waals surface area contributed by atoms with Gasteiger partial charge in [0.2, 0.25) is 5.91 Å². The summed E-state index contributed by atoms with van der Waals surface area (Å²) in [6, 6.07) is 5.78. The van der Waals surface area contributed by atoms with Gasteiger partial charge in [-0.1, -0.05) is 12.1 Å². The minimum absolute atomic E-state index is 0.125. The summed E-state index contributed by atoms with van der Waals surface area (Å²) in [5.74, 6) is 0.369. The number of rotatable bonds is 2. The summed E-state index contributed by atoms with van der Waals surface area (Å²) in [5, 5.41) is 0. The second-order valence-corrected chi connectivity index (χ2v) is 4.27. The van der Waals surface area contributed by atoms with Crippen LogP contribution in [0.15, 0.2) is 30.9 Å². The van der Waals surface area contributed by atoms with Gasteiger partial charge < -0.3 is 10.6 Å². The standard InChI is InChI=1S/C13H16N2O/c1-3-10-7-13(16)15(8-10)12-5-4-9(2)6-11(12)14/h3-6,10H,1,7-8,14H2,2H3. The van der Waals surface area contributed by atoms with Crippen LogP contribution in [-0.2, 0) is 4.79 Å². The molecule has 0 bridgehead atoms. The fourth-order valence-electron chi connectivity index (χ4n) is 2.05. The van der Waals surface area contributed by atoms with Crippen LogP contribution in [0.4, 0.5) is 11.4 Å². The molecule has 0 radical (unpaired) electrons. The highest BCUT2D eigenvalue weighted by Crippen LogP contribution is 2.30. The average molecular weight is 216 g/mol. The van der Waals surface area contributed by atoms with E-state index in [-0.39, 0.29) is 11.8 Å². The number of nitrogens with two attached hydrogens (primary N) is 1. The Morgan fingerprint density at radius 2 is 2.31 bits per heavy atom. The summed E-state index contributed by atoms with van der Waals surface area (Å²) in [4.78, 5) is 13.6. The van der Waals surface area contributed by atoms with Crippen molar-refractivity contribution in [3.8, 4) is 0 Å². The van der Waals surface area contributed by atoms with Gasteiger partial charge in [0.15, 0.2) is 0 Å². The maximum atomic E-state index is 11.8. The third kappa shape index (κ3) is 1.81. The lowest BCUT2D eigenvalue weighted by molar-refractivity contribution is -0.117. The van der Waals surface area contributed by atoms with Gasteiger partial charge in [-0.2, -0.15) is 0 Å². The molecule has 1 heterocycles. The molecule has 16 heavy (non-hydrogen) atoms. The molecule has 1 unspecified atom stereocenters. The number of carbonyl (C=O) groups is 1. The van der Waals surface area contributed by atoms with Gasteiger partial charge in [-0.3, -0.25) is 4.79 Å². The Balaban J connectivity index is 2.31. The Labute approximate surface area is 95.6 Å². The molecule has 1 aromatic carbocycles. The van der Waals surface area contributed by atoms with E-state index in [2.05, 4.69) is 6.58 Å². The summed E-state index contributed by atoms with van der Waals surface area (Å²) < 4.78 is 0. The predicted octanol–water partition coefficient (Wildman–Crippen LogP) is 2.12. The van der Waals surface area contributed by atoms with E-state index >= 15 is 0 Å². The van der Waals surface area contributed by atoms with E-state index in [0.29, 0.717) is 18.7 Å². The second-order valence-electron chi connectivity index (χ2n) is 4.27. The van der Waals surface area contributed by atoms with Crippen LogP contribution < -0.4 is 10.6 Å². The van der Waals surface area contributed by atoms with Crippen molar-refractivity contribution in [1.82, 2.24) is 0 Å². The zero-order chi connectivity index (χ0) is 11.7. The van der Waals surface area contributed by atoms with Crippen LogP contribution in [0.25, 0.3) is 0 Å². The maximum absolute atomic E-state index is 11.8. The fourth-order valence-corrected chi connectivity index (χ4v) is 2.05. The molecule has 1 aliphatic heterocycles. The molecule has 0 saturated carbocycles. The highest BCUT2D eigenvalue weighted by atomic mass is 16.2. The van der Waals surface area contributed by atoms with Gasteiger partial charge in [0.25, 0.3) is 0 Å². The molecular weight excluding hydrogens is 200 g/mol. The molecule has 0 aromatic heterocycles. The lowest BCUT2D eigenvalue weighted by Gasteiger charge is -2.18. The molecule has 0 spiro atoms. The molecule has 0 aliphatic carbocycles. The molecule has 1 saturated heterocycles. The van der Waals surface area contributed by atoms with Crippen LogP contribution in [0.1, 0.15) is 12.0 Å². The highest BCUT2D eigenvalue weighted by Gasteiger charge is 2.29. The molecule has 1 amide bonds. The Hall–Kier alpha value is -1.77. The minimum Gasteiger partial charge on any atom is -0.397 e. The normalized spacial score (nSPS) is 20.2. The Kier molecular flexibility index (Phi) is 2.69. The van der Waals surface area contributed by atoms with Crippen LogP contribution in [-0.4, -0.2) is 12.5 Å². The van der Waals surface area contributed by atoms with Gasteiger partial charge in [-0.15, -0.1) is 6.58 Å². The molecule has 2 N–H and O–H groups in total. The first-order valence-corrected chi connectivity index (χ1v) is 5.41. The highest BCUT2D eigenvalue weighted by molar-refractivity contribution is 5.98. The number of nitrogen functional groups attached to an aromatic ring is 1. The number of nitrogens with zero attached hydrogens (tertiary/aromatic N) is 1. The first-order valence-electron chi connectivity index (χ1n) is 5.41. The first kappa shape index (κ1) is 10.7. The minimum atomic E-state index is 0.125. The van der Waals surface area contributed by atoms with E-state index in [0.717, 1.165) is 11.3 Å². The number of anilines is 2. The Morgan fingerprint density at radius 1 is 1.56 bits per heavy atom. The molecule has 1 fully saturated rings. The third-order valence-electron chi connectivity index (χ3n) is 2.96. The van der Waals surface area contributed by atoms with E-state index in [9.17, 15) is 4.79 Å². The second kappa shape index (κ2) is 4.00. The summed E-state index contributed by atoms with van der Waals surface area (Å²) in [7, 11) is 0. The van der Waals surface area contributed by atoms with Crippen LogP contribution in [0.5, 0.6) is 0 Å². The lowest BCUT2D eigenvalue weighted by atomic mass is 10.1. The predicted molar refractivity (Wildman–Crippen MR) is 66.2 cm³/mol. The van der Waals surface area contributed by atoms with E-state index in [1.54, 1.807) is 4.90 Å². The van der Waals surface area contributed by atoms with Gasteiger partial charge in [0, 0.05) is 18.9 Å². The number of carbonyl (C=O) groups excluding carboxylic acids is 1. The van der Waals surface area contributed by atoms with Crippen LogP contribution >= 0.6 is 0 Å². The zero-order valence-electron chi connectivity index (χ0n) is 9.44. The number of hydrogen-bond acceptors (Lipinski definition) is 2. The first-order chi connectivity index (χ1) is 7.61. The smallest absolute Gasteiger partial charge is 0.227 e. The Bertz CT molecular complexity index is 440. The zero-order valence-corrected chi connectivity index (χ0v) is 9.44. The average Bonchev–Trinajstić information content (AvgIpc) is 2.60. The number of hydrogen-bond donors (Lipinski definition) is 1. The lowest BCUT2D eigenvalue weighted by Crippen LogP contribution is -2.25. The molecule has 1 aliphatic rings. The summed E-state index contributed by atoms with van der Waals surface area (Å²) in [5.41, 5.74) is 8.52. The summed E-state index contributed by atoms with van der Waals surface area (Å²) >= 11 is 0. The maximum Gasteiger partial charge on any atom is 0.227 e. The monoisotopic (exact) mass is 216 g/mol. The van der Waals surface area contributed by atoms with Crippen LogP contribution in [0.3, 0.4) is 0 Å². The number of aryl methyl sites for hydroxylation is 1. The van der Waals surface area contributed by atoms with Crippen LogP contribution in [0.2, 0.25) is 0 Å². The molecule has 3 nitrogen and oxygen atoms in total. The molecule has 3 heteroatoms. The molecule has 2 rings (SSSR count). The quantitative estimate of drug-likeness (QED) is 0.608. The van der Waals surface area contributed by atoms with Crippen molar-refractivity contribution in [2.24, 2.45) is 5.92 Å². The third-order valence-corrected chi connectivity index (χ3v) is 2.96. The van der Waals surface area contributed by atoms with Crippen molar-refractivity contribution in [2.75, 3.05) is 17.2 Å². The van der Waals surface area contributed by atoms with Gasteiger partial charge >= 0.3 is 0 Å². The Morgan fingerprint density at radius 3 is 2.88 bits per heavy atom. The van der Waals surface area contributed by atoms with Crippen molar-refractivity contribution < 1.29 is 4.79 Å². The molecule has 84 valence electrons. The van der Waals surface area contributed by atoms with Crippen molar-refractivity contribution in [3.63, 3.8) is 0 Å². The number of amides is 1. The van der Waals surface area contributed by atoms with E-state index < -0.39 is 0 Å². The molecule has 1 aromatic rings. The summed E-state index contributed by atoms with van der Waals surface area (Å²) in [6.07, 6.45) is 2.37. The van der Waals surface area contributed by atoms with E-state index in [4.69, 9.17) is 5.73 Å². The van der Waals surface area contributed by atoms with E-state index in [1.807, 2.05) is 31.2 Å². The molecule has 1 atom stereocenters.